The molecular formula is C20H21FN6O. The van der Waals surface area contributed by atoms with Gasteiger partial charge in [-0.3, -0.25) is 0 Å². The van der Waals surface area contributed by atoms with Gasteiger partial charge in [0, 0.05) is 5.69 Å². The number of halogens is 1. The Hall–Kier alpha value is -3.29. The standard InChI is InChI=1S/C20H21FN6O/c1-14-24-25-26-27(14)18-6-4-5-17(13-18)22-19(28)23-20(11-2-3-12-20)15-7-9-16(21)10-8-15/h4-10,13H,2-3,11-12H2,1H3,(H2,22,23,28). The summed E-state index contributed by atoms with van der Waals surface area (Å²) in [5.74, 6) is 0.374. The van der Waals surface area contributed by atoms with Gasteiger partial charge < -0.3 is 10.6 Å². The zero-order valence-electron chi connectivity index (χ0n) is 15.5. The second kappa shape index (κ2) is 7.38. The molecule has 1 heterocycles. The molecular weight excluding hydrogens is 359 g/mol. The van der Waals surface area contributed by atoms with E-state index >= 15 is 0 Å². The van der Waals surface area contributed by atoms with Crippen molar-refractivity contribution in [3.05, 3.63) is 65.7 Å². The number of hydrogen-bond acceptors (Lipinski definition) is 4. The highest BCUT2D eigenvalue weighted by Gasteiger charge is 2.37. The Morgan fingerprint density at radius 3 is 2.57 bits per heavy atom. The molecule has 2 amide bonds. The van der Waals surface area contributed by atoms with Crippen LogP contribution in [0.15, 0.2) is 48.5 Å². The van der Waals surface area contributed by atoms with Gasteiger partial charge in [0.15, 0.2) is 5.82 Å². The number of aryl methyl sites for hydroxylation is 1. The van der Waals surface area contributed by atoms with Gasteiger partial charge in [0.25, 0.3) is 0 Å². The first-order chi connectivity index (χ1) is 13.6. The quantitative estimate of drug-likeness (QED) is 0.723. The number of urea groups is 1. The minimum atomic E-state index is -0.470. The van der Waals surface area contributed by atoms with E-state index in [2.05, 4.69) is 26.2 Å². The first kappa shape index (κ1) is 18.1. The smallest absolute Gasteiger partial charge is 0.319 e. The van der Waals surface area contributed by atoms with Crippen LogP contribution in [0.25, 0.3) is 5.69 Å². The molecule has 7 nitrogen and oxygen atoms in total. The van der Waals surface area contributed by atoms with Gasteiger partial charge in [-0.2, -0.15) is 4.68 Å². The van der Waals surface area contributed by atoms with Crippen molar-refractivity contribution in [3.63, 3.8) is 0 Å². The van der Waals surface area contributed by atoms with Gasteiger partial charge in [0.05, 0.1) is 11.2 Å². The predicted octanol–water partition coefficient (Wildman–Crippen LogP) is 3.70. The molecule has 0 unspecified atom stereocenters. The highest BCUT2D eigenvalue weighted by atomic mass is 19.1. The van der Waals surface area contributed by atoms with Gasteiger partial charge >= 0.3 is 6.03 Å². The molecule has 0 atom stereocenters. The average Bonchev–Trinajstić information content (AvgIpc) is 3.32. The van der Waals surface area contributed by atoms with E-state index in [-0.39, 0.29) is 11.8 Å². The molecule has 0 spiro atoms. The SMILES string of the molecule is Cc1nnnn1-c1cccc(NC(=O)NC2(c3ccc(F)cc3)CCCC2)c1. The number of carbonyl (C=O) groups is 1. The summed E-state index contributed by atoms with van der Waals surface area (Å²) in [6.45, 7) is 1.80. The maximum atomic E-state index is 13.3. The van der Waals surface area contributed by atoms with Crippen molar-refractivity contribution in [1.29, 1.82) is 0 Å². The number of benzene rings is 2. The fraction of sp³-hybridized carbons (Fsp3) is 0.300. The lowest BCUT2D eigenvalue weighted by atomic mass is 9.88. The van der Waals surface area contributed by atoms with Gasteiger partial charge in [-0.25, -0.2) is 9.18 Å². The zero-order chi connectivity index (χ0) is 19.6. The van der Waals surface area contributed by atoms with Gasteiger partial charge in [0.2, 0.25) is 0 Å². The highest BCUT2D eigenvalue weighted by Crippen LogP contribution is 2.38. The molecule has 3 aromatic rings. The van der Waals surface area contributed by atoms with Crippen molar-refractivity contribution >= 4 is 11.7 Å². The number of carbonyl (C=O) groups excluding carboxylic acids is 1. The van der Waals surface area contributed by atoms with Crippen molar-refractivity contribution in [2.45, 2.75) is 38.1 Å². The van der Waals surface area contributed by atoms with E-state index in [1.165, 1.54) is 12.1 Å². The summed E-state index contributed by atoms with van der Waals surface area (Å²) < 4.78 is 14.9. The van der Waals surface area contributed by atoms with Crippen LogP contribution in [0.2, 0.25) is 0 Å². The number of nitrogens with one attached hydrogen (secondary N) is 2. The minimum absolute atomic E-state index is 0.281. The third-order valence-electron chi connectivity index (χ3n) is 5.18. The summed E-state index contributed by atoms with van der Waals surface area (Å²) in [6.07, 6.45) is 3.70. The Morgan fingerprint density at radius 2 is 1.89 bits per heavy atom. The van der Waals surface area contributed by atoms with Crippen molar-refractivity contribution in [1.82, 2.24) is 25.5 Å². The molecule has 1 saturated carbocycles. The number of hydrogen-bond donors (Lipinski definition) is 2. The lowest BCUT2D eigenvalue weighted by Gasteiger charge is -2.31. The largest absolute Gasteiger partial charge is 0.328 e. The Labute approximate surface area is 162 Å². The number of anilines is 1. The molecule has 1 aliphatic carbocycles. The first-order valence-electron chi connectivity index (χ1n) is 9.26. The Balaban J connectivity index is 1.52. The van der Waals surface area contributed by atoms with E-state index in [1.54, 1.807) is 23.7 Å². The third-order valence-corrected chi connectivity index (χ3v) is 5.18. The molecule has 8 heteroatoms. The normalized spacial score (nSPS) is 15.4. The second-order valence-electron chi connectivity index (χ2n) is 7.06. The lowest BCUT2D eigenvalue weighted by Crippen LogP contribution is -2.45. The molecule has 0 bridgehead atoms. The topological polar surface area (TPSA) is 84.7 Å². The van der Waals surface area contributed by atoms with Crippen LogP contribution in [0.5, 0.6) is 0 Å². The van der Waals surface area contributed by atoms with Crippen LogP contribution in [0.4, 0.5) is 14.9 Å². The Kier molecular flexibility index (Phi) is 4.77. The van der Waals surface area contributed by atoms with Crippen LogP contribution >= 0.6 is 0 Å². The fourth-order valence-electron chi connectivity index (χ4n) is 3.80. The molecule has 1 aromatic heterocycles. The molecule has 28 heavy (non-hydrogen) atoms. The molecule has 1 aliphatic rings. The highest BCUT2D eigenvalue weighted by molar-refractivity contribution is 5.90. The van der Waals surface area contributed by atoms with Crippen LogP contribution in [0, 0.1) is 12.7 Å². The van der Waals surface area contributed by atoms with Crippen LogP contribution in [-0.2, 0) is 5.54 Å². The summed E-state index contributed by atoms with van der Waals surface area (Å²) in [4.78, 5) is 12.7. The van der Waals surface area contributed by atoms with Gasteiger partial charge in [-0.05, 0) is 66.1 Å². The fourth-order valence-corrected chi connectivity index (χ4v) is 3.80. The van der Waals surface area contributed by atoms with E-state index in [0.29, 0.717) is 11.5 Å². The van der Waals surface area contributed by atoms with E-state index < -0.39 is 5.54 Å². The van der Waals surface area contributed by atoms with Gasteiger partial charge in [-0.1, -0.05) is 31.0 Å². The number of rotatable bonds is 4. The number of tetrazole rings is 1. The van der Waals surface area contributed by atoms with E-state index in [1.807, 2.05) is 24.3 Å². The Morgan fingerprint density at radius 1 is 1.14 bits per heavy atom. The third kappa shape index (κ3) is 3.58. The summed E-state index contributed by atoms with van der Waals surface area (Å²) >= 11 is 0. The van der Waals surface area contributed by atoms with Crippen LogP contribution in [-0.4, -0.2) is 26.2 Å². The minimum Gasteiger partial charge on any atom is -0.328 e. The maximum Gasteiger partial charge on any atom is 0.319 e. The van der Waals surface area contributed by atoms with Crippen LogP contribution < -0.4 is 10.6 Å². The predicted molar refractivity (Wildman–Crippen MR) is 103 cm³/mol. The van der Waals surface area contributed by atoms with Crippen molar-refractivity contribution in [2.24, 2.45) is 0 Å². The second-order valence-corrected chi connectivity index (χ2v) is 7.06. The van der Waals surface area contributed by atoms with Crippen molar-refractivity contribution < 1.29 is 9.18 Å². The Bertz CT molecular complexity index is 978. The van der Waals surface area contributed by atoms with Crippen molar-refractivity contribution in [3.8, 4) is 5.69 Å². The average molecular weight is 380 g/mol. The molecule has 0 radical (unpaired) electrons. The number of aromatic nitrogens is 4. The maximum absolute atomic E-state index is 13.3. The molecule has 144 valence electrons. The van der Waals surface area contributed by atoms with Crippen LogP contribution in [0.1, 0.15) is 37.1 Å². The molecule has 4 rings (SSSR count). The van der Waals surface area contributed by atoms with Crippen LogP contribution in [0.3, 0.4) is 0 Å². The van der Waals surface area contributed by atoms with E-state index in [0.717, 1.165) is 36.9 Å². The van der Waals surface area contributed by atoms with E-state index in [4.69, 9.17) is 0 Å². The summed E-state index contributed by atoms with van der Waals surface area (Å²) in [7, 11) is 0. The molecule has 0 saturated heterocycles. The molecule has 0 aliphatic heterocycles. The molecule has 1 fully saturated rings. The van der Waals surface area contributed by atoms with E-state index in [9.17, 15) is 9.18 Å². The number of nitrogens with zero attached hydrogens (tertiary/aromatic N) is 4. The summed E-state index contributed by atoms with van der Waals surface area (Å²) in [5, 5.41) is 17.5. The number of amides is 2. The van der Waals surface area contributed by atoms with Crippen molar-refractivity contribution in [2.75, 3.05) is 5.32 Å². The molecule has 2 aromatic carbocycles. The summed E-state index contributed by atoms with van der Waals surface area (Å²) in [5.41, 5.74) is 1.85. The van der Waals surface area contributed by atoms with Gasteiger partial charge in [-0.15, -0.1) is 5.10 Å². The van der Waals surface area contributed by atoms with Gasteiger partial charge in [0.1, 0.15) is 5.82 Å². The lowest BCUT2D eigenvalue weighted by molar-refractivity contribution is 0.236. The molecule has 2 N–H and O–H groups in total. The monoisotopic (exact) mass is 380 g/mol. The first-order valence-corrected chi connectivity index (χ1v) is 9.26. The zero-order valence-corrected chi connectivity index (χ0v) is 15.5. The summed E-state index contributed by atoms with van der Waals surface area (Å²) in [6, 6.07) is 13.4.